The molecule has 0 aliphatic carbocycles. The van der Waals surface area contributed by atoms with Crippen LogP contribution in [0.2, 0.25) is 5.02 Å². The lowest BCUT2D eigenvalue weighted by Gasteiger charge is -2.32. The molecular weight excluding hydrogens is 599 g/mol. The van der Waals surface area contributed by atoms with Crippen molar-refractivity contribution in [1.29, 1.82) is 0 Å². The van der Waals surface area contributed by atoms with Crippen molar-refractivity contribution in [2.75, 3.05) is 13.1 Å². The lowest BCUT2D eigenvalue weighted by Crippen LogP contribution is -2.38. The molecule has 234 valence electrons. The molecule has 4 heterocycles. The number of benzene rings is 2. The average Bonchev–Trinajstić information content (AvgIpc) is 3.61. The fraction of sp³-hybridized carbons (Fsp3) is 0.333. The van der Waals surface area contributed by atoms with E-state index >= 15 is 0 Å². The first-order chi connectivity index (χ1) is 21.8. The fourth-order valence-electron chi connectivity index (χ4n) is 5.59. The van der Waals surface area contributed by atoms with Crippen molar-refractivity contribution in [1.82, 2.24) is 29.0 Å². The van der Waals surface area contributed by atoms with Crippen molar-refractivity contribution in [3.8, 4) is 11.5 Å². The minimum Gasteiger partial charge on any atom is -0.490 e. The number of carboxylic acids is 1. The molecule has 0 spiro atoms. The molecule has 0 amide bonds. The highest BCUT2D eigenvalue weighted by Crippen LogP contribution is 2.25. The smallest absolute Gasteiger partial charge is 0.309 e. The number of aromatic nitrogens is 5. The monoisotopic (exact) mass is 632 g/mol. The molecule has 0 saturated carbocycles. The summed E-state index contributed by atoms with van der Waals surface area (Å²) in [5.74, 6) is 0.362. The van der Waals surface area contributed by atoms with E-state index in [1.807, 2.05) is 42.9 Å². The fourth-order valence-corrected chi connectivity index (χ4v) is 5.75. The molecule has 1 saturated heterocycles. The van der Waals surface area contributed by atoms with Crippen LogP contribution < -0.4 is 9.47 Å². The Bertz CT molecular complexity index is 1800. The van der Waals surface area contributed by atoms with Crippen molar-refractivity contribution in [3.05, 3.63) is 101 Å². The van der Waals surface area contributed by atoms with Crippen molar-refractivity contribution >= 4 is 28.7 Å². The van der Waals surface area contributed by atoms with E-state index in [0.29, 0.717) is 29.5 Å². The van der Waals surface area contributed by atoms with Gasteiger partial charge in [0, 0.05) is 30.9 Å². The summed E-state index contributed by atoms with van der Waals surface area (Å²) >= 11 is 5.83. The highest BCUT2D eigenvalue weighted by atomic mass is 35.5. The highest BCUT2D eigenvalue weighted by molar-refractivity contribution is 6.30. The Labute approximate surface area is 265 Å². The molecule has 0 bridgehead atoms. The van der Waals surface area contributed by atoms with Gasteiger partial charge in [0.15, 0.2) is 17.2 Å². The normalized spacial score (nSPS) is 14.2. The first-order valence-corrected chi connectivity index (χ1v) is 15.3. The van der Waals surface area contributed by atoms with Crippen molar-refractivity contribution in [2.45, 2.75) is 58.5 Å². The SMILES string of the molecule is CCn1cncc1Cn1c(CN2CCC(Oc3cccc(COc4ccc(Cl)cc4F)c3)CC2)nc2ccc(CC(=O)O)nc21. The predicted molar refractivity (Wildman–Crippen MR) is 167 cm³/mol. The Morgan fingerprint density at radius 2 is 1.93 bits per heavy atom. The molecule has 10 nitrogen and oxygen atoms in total. The summed E-state index contributed by atoms with van der Waals surface area (Å²) in [7, 11) is 0. The Kier molecular flexibility index (Phi) is 9.27. The third kappa shape index (κ3) is 7.43. The average molecular weight is 633 g/mol. The van der Waals surface area contributed by atoms with E-state index in [1.54, 1.807) is 12.1 Å². The van der Waals surface area contributed by atoms with Crippen LogP contribution in [0.3, 0.4) is 0 Å². The molecule has 45 heavy (non-hydrogen) atoms. The van der Waals surface area contributed by atoms with Gasteiger partial charge in [-0.1, -0.05) is 23.7 Å². The summed E-state index contributed by atoms with van der Waals surface area (Å²) in [5, 5.41) is 9.63. The molecule has 1 aliphatic heterocycles. The van der Waals surface area contributed by atoms with Gasteiger partial charge >= 0.3 is 5.97 Å². The molecule has 1 aliphatic rings. The quantitative estimate of drug-likeness (QED) is 0.186. The minimum atomic E-state index is -0.921. The zero-order valence-corrected chi connectivity index (χ0v) is 25.7. The van der Waals surface area contributed by atoms with Gasteiger partial charge in [-0.15, -0.1) is 0 Å². The summed E-state index contributed by atoms with van der Waals surface area (Å²) in [6, 6.07) is 15.6. The third-order valence-electron chi connectivity index (χ3n) is 7.91. The van der Waals surface area contributed by atoms with Gasteiger partial charge in [0.25, 0.3) is 0 Å². The Balaban J connectivity index is 1.10. The van der Waals surface area contributed by atoms with Crippen LogP contribution in [-0.2, 0) is 37.5 Å². The molecule has 1 N–H and O–H groups in total. The standard InChI is InChI=1S/C33H34ClFN6O4/c1-2-40-21-36-17-25(40)18-41-31(38-29-8-7-24(16-32(42)43)37-33(29)41)19-39-12-10-26(11-13-39)45-27-5-3-4-22(14-27)20-44-30-9-6-23(34)15-28(30)35/h3-9,14-15,17,21,26H,2,10-13,16,18-20H2,1H3,(H,42,43). The van der Waals surface area contributed by atoms with Gasteiger partial charge in [0.05, 0.1) is 37.2 Å². The zero-order valence-electron chi connectivity index (χ0n) is 24.9. The molecule has 6 rings (SSSR count). The number of aryl methyl sites for hydroxylation is 1. The van der Waals surface area contributed by atoms with E-state index in [-0.39, 0.29) is 24.9 Å². The first kappa shape index (κ1) is 30.5. The van der Waals surface area contributed by atoms with Crippen LogP contribution in [0.25, 0.3) is 11.2 Å². The van der Waals surface area contributed by atoms with Crippen LogP contribution in [0.1, 0.15) is 42.5 Å². The molecular formula is C33H34ClFN6O4. The molecule has 0 unspecified atom stereocenters. The number of ether oxygens (including phenoxy) is 2. The maximum atomic E-state index is 14.1. The molecule has 1 fully saturated rings. The number of aliphatic carboxylic acids is 1. The van der Waals surface area contributed by atoms with Crippen LogP contribution in [-0.4, -0.2) is 59.3 Å². The number of pyridine rings is 1. The zero-order chi connectivity index (χ0) is 31.3. The number of carbonyl (C=O) groups is 1. The van der Waals surface area contributed by atoms with Gasteiger partial charge in [-0.2, -0.15) is 0 Å². The van der Waals surface area contributed by atoms with E-state index in [2.05, 4.69) is 30.9 Å². The summed E-state index contributed by atoms with van der Waals surface area (Å²) in [6.07, 6.45) is 5.27. The van der Waals surface area contributed by atoms with E-state index in [1.165, 1.54) is 12.1 Å². The van der Waals surface area contributed by atoms with Gasteiger partial charge in [0.2, 0.25) is 0 Å². The van der Waals surface area contributed by atoms with Gasteiger partial charge in [-0.25, -0.2) is 19.3 Å². The van der Waals surface area contributed by atoms with Crippen LogP contribution in [0, 0.1) is 5.82 Å². The number of fused-ring (bicyclic) bond motifs is 1. The second kappa shape index (κ2) is 13.7. The lowest BCUT2D eigenvalue weighted by atomic mass is 10.1. The van der Waals surface area contributed by atoms with Gasteiger partial charge < -0.3 is 23.7 Å². The highest BCUT2D eigenvalue weighted by Gasteiger charge is 2.24. The third-order valence-corrected chi connectivity index (χ3v) is 8.14. The van der Waals surface area contributed by atoms with E-state index in [4.69, 9.17) is 26.1 Å². The second-order valence-corrected chi connectivity index (χ2v) is 11.5. The van der Waals surface area contributed by atoms with Gasteiger partial charge in [-0.05, 0) is 67.8 Å². The number of piperidine rings is 1. The van der Waals surface area contributed by atoms with Crippen LogP contribution in [0.4, 0.5) is 4.39 Å². The Morgan fingerprint density at radius 1 is 1.09 bits per heavy atom. The number of nitrogens with zero attached hydrogens (tertiary/aromatic N) is 6. The number of hydrogen-bond acceptors (Lipinski definition) is 7. The van der Waals surface area contributed by atoms with Crippen molar-refractivity contribution in [3.63, 3.8) is 0 Å². The van der Waals surface area contributed by atoms with E-state index < -0.39 is 11.8 Å². The molecule has 5 aromatic rings. The molecule has 3 aromatic heterocycles. The molecule has 12 heteroatoms. The van der Waals surface area contributed by atoms with Gasteiger partial charge in [-0.3, -0.25) is 9.69 Å². The molecule has 0 radical (unpaired) electrons. The maximum absolute atomic E-state index is 14.1. The minimum absolute atomic E-state index is 0.0593. The van der Waals surface area contributed by atoms with Gasteiger partial charge in [0.1, 0.15) is 29.8 Å². The summed E-state index contributed by atoms with van der Waals surface area (Å²) < 4.78 is 30.2. The van der Waals surface area contributed by atoms with Crippen molar-refractivity contribution in [2.24, 2.45) is 0 Å². The van der Waals surface area contributed by atoms with Crippen LogP contribution >= 0.6 is 11.6 Å². The maximum Gasteiger partial charge on any atom is 0.309 e. The second-order valence-electron chi connectivity index (χ2n) is 11.1. The summed E-state index contributed by atoms with van der Waals surface area (Å²) in [5.41, 5.74) is 3.82. The topological polar surface area (TPSA) is 108 Å². The summed E-state index contributed by atoms with van der Waals surface area (Å²) in [6.45, 7) is 5.90. The number of halogens is 2. The number of hydrogen-bond donors (Lipinski definition) is 1. The van der Waals surface area contributed by atoms with Crippen molar-refractivity contribution < 1.29 is 23.8 Å². The summed E-state index contributed by atoms with van der Waals surface area (Å²) in [4.78, 5) is 27.6. The number of carboxylic acid groups (broad SMARTS) is 1. The lowest BCUT2D eigenvalue weighted by molar-refractivity contribution is -0.136. The predicted octanol–water partition coefficient (Wildman–Crippen LogP) is 5.74. The number of imidazole rings is 2. The van der Waals surface area contributed by atoms with E-state index in [9.17, 15) is 14.3 Å². The largest absolute Gasteiger partial charge is 0.490 e. The van der Waals surface area contributed by atoms with Crippen LogP contribution in [0.15, 0.2) is 67.1 Å². The number of likely N-dealkylation sites (tertiary alicyclic amines) is 1. The Hall–Kier alpha value is -4.48. The number of rotatable bonds is 12. The first-order valence-electron chi connectivity index (χ1n) is 15.0. The molecule has 2 aromatic carbocycles. The van der Waals surface area contributed by atoms with Crippen LogP contribution in [0.5, 0.6) is 11.5 Å². The Morgan fingerprint density at radius 3 is 2.71 bits per heavy atom. The van der Waals surface area contributed by atoms with E-state index in [0.717, 1.165) is 60.8 Å². The molecule has 0 atom stereocenters.